The lowest BCUT2D eigenvalue weighted by atomic mass is 10.1. The highest BCUT2D eigenvalue weighted by atomic mass is 35.5. The molecule has 2 N–H and O–H groups in total. The van der Waals surface area contributed by atoms with Crippen LogP contribution < -0.4 is 0 Å². The zero-order valence-electron chi connectivity index (χ0n) is 13.1. The molecule has 4 rings (SSSR count). The number of likely N-dealkylation sites (tertiary alicyclic amines) is 2. The molecule has 2 aliphatic rings. The van der Waals surface area contributed by atoms with Gasteiger partial charge in [0.1, 0.15) is 15.7 Å². The molecule has 0 radical (unpaired) electrons. The van der Waals surface area contributed by atoms with Crippen molar-refractivity contribution in [1.82, 2.24) is 29.6 Å². The van der Waals surface area contributed by atoms with Gasteiger partial charge in [-0.1, -0.05) is 16.1 Å². The minimum atomic E-state index is -0.184. The zero-order chi connectivity index (χ0) is 16.8. The molecule has 2 fully saturated rings. The monoisotopic (exact) mass is 368 g/mol. The third-order valence-electron chi connectivity index (χ3n) is 4.90. The largest absolute Gasteiger partial charge is 0.504 e. The third kappa shape index (κ3) is 2.56. The number of aromatic hydroxyl groups is 1. The summed E-state index contributed by atoms with van der Waals surface area (Å²) >= 11 is 7.27. The molecule has 24 heavy (non-hydrogen) atoms. The van der Waals surface area contributed by atoms with Crippen molar-refractivity contribution in [3.05, 3.63) is 21.4 Å². The normalized spacial score (nSPS) is 23.8. The van der Waals surface area contributed by atoms with Crippen LogP contribution in [0.4, 0.5) is 0 Å². The molecule has 2 saturated heterocycles. The number of halogens is 1. The predicted molar refractivity (Wildman–Crippen MR) is 88.1 cm³/mol. The fourth-order valence-corrected chi connectivity index (χ4v) is 4.26. The molecule has 0 bridgehead atoms. The lowest BCUT2D eigenvalue weighted by molar-refractivity contribution is 0.0717. The Kier molecular flexibility index (Phi) is 3.93. The summed E-state index contributed by atoms with van der Waals surface area (Å²) in [5.41, 5.74) is 1.41. The molecule has 8 nitrogen and oxygen atoms in total. The SMILES string of the molecule is Cc1n[nH]c(C(=O)N2CCC3CN(Cc4nnsc4Cl)CC32)c1O. The smallest absolute Gasteiger partial charge is 0.276 e. The molecule has 0 saturated carbocycles. The van der Waals surface area contributed by atoms with Crippen LogP contribution in [0.15, 0.2) is 0 Å². The Labute approximate surface area is 147 Å². The van der Waals surface area contributed by atoms with Gasteiger partial charge in [-0.25, -0.2) is 0 Å². The lowest BCUT2D eigenvalue weighted by Gasteiger charge is -2.24. The van der Waals surface area contributed by atoms with Crippen LogP contribution in [-0.4, -0.2) is 66.3 Å². The van der Waals surface area contributed by atoms with Crippen LogP contribution in [0.25, 0.3) is 0 Å². The molecule has 0 aliphatic carbocycles. The van der Waals surface area contributed by atoms with E-state index in [1.54, 1.807) is 6.92 Å². The topological polar surface area (TPSA) is 98.2 Å². The molecule has 2 aliphatic heterocycles. The summed E-state index contributed by atoms with van der Waals surface area (Å²) in [6.07, 6.45) is 0.962. The number of aromatic amines is 1. The molecule has 10 heteroatoms. The Morgan fingerprint density at radius 3 is 3.00 bits per heavy atom. The second-order valence-corrected chi connectivity index (χ2v) is 7.69. The van der Waals surface area contributed by atoms with Crippen LogP contribution in [0.3, 0.4) is 0 Å². The van der Waals surface area contributed by atoms with Gasteiger partial charge in [0.2, 0.25) is 0 Å². The first-order valence-corrected chi connectivity index (χ1v) is 8.93. The average Bonchev–Trinajstić information content (AvgIpc) is 3.28. The van der Waals surface area contributed by atoms with Gasteiger partial charge in [-0.05, 0) is 19.3 Å². The van der Waals surface area contributed by atoms with Crippen molar-refractivity contribution in [1.29, 1.82) is 0 Å². The van der Waals surface area contributed by atoms with Crippen LogP contribution in [0.1, 0.15) is 28.3 Å². The first kappa shape index (κ1) is 15.8. The molecule has 2 aromatic rings. The van der Waals surface area contributed by atoms with E-state index in [0.29, 0.717) is 29.0 Å². The van der Waals surface area contributed by atoms with Gasteiger partial charge < -0.3 is 10.0 Å². The van der Waals surface area contributed by atoms with Gasteiger partial charge in [-0.15, -0.1) is 5.10 Å². The Morgan fingerprint density at radius 1 is 1.50 bits per heavy atom. The summed E-state index contributed by atoms with van der Waals surface area (Å²) in [6, 6.07) is 0.144. The van der Waals surface area contributed by atoms with Gasteiger partial charge >= 0.3 is 0 Å². The minimum absolute atomic E-state index is 0.0568. The fourth-order valence-electron chi connectivity index (χ4n) is 3.65. The number of carbonyl (C=O) groups excluding carboxylic acids is 1. The Bertz CT molecular complexity index is 777. The van der Waals surface area contributed by atoms with Crippen molar-refractivity contribution in [3.8, 4) is 5.75 Å². The summed E-state index contributed by atoms with van der Waals surface area (Å²) in [4.78, 5) is 16.8. The van der Waals surface area contributed by atoms with Gasteiger partial charge in [0.25, 0.3) is 5.91 Å². The summed E-state index contributed by atoms with van der Waals surface area (Å²) in [7, 11) is 0. The van der Waals surface area contributed by atoms with Crippen LogP contribution in [-0.2, 0) is 6.54 Å². The Balaban J connectivity index is 1.47. The van der Waals surface area contributed by atoms with Gasteiger partial charge in [-0.2, -0.15) is 5.10 Å². The lowest BCUT2D eigenvalue weighted by Crippen LogP contribution is -2.39. The number of hydrogen-bond acceptors (Lipinski definition) is 7. The highest BCUT2D eigenvalue weighted by Crippen LogP contribution is 2.34. The van der Waals surface area contributed by atoms with Crippen LogP contribution in [0.5, 0.6) is 5.75 Å². The van der Waals surface area contributed by atoms with Crippen LogP contribution >= 0.6 is 23.1 Å². The van der Waals surface area contributed by atoms with Crippen LogP contribution in [0.2, 0.25) is 4.34 Å². The van der Waals surface area contributed by atoms with Gasteiger partial charge in [0.05, 0.1) is 0 Å². The molecule has 2 unspecified atom stereocenters. The van der Waals surface area contributed by atoms with E-state index in [1.165, 1.54) is 11.5 Å². The van der Waals surface area contributed by atoms with E-state index in [4.69, 9.17) is 11.6 Å². The Hall–Kier alpha value is -1.71. The van der Waals surface area contributed by atoms with Crippen molar-refractivity contribution in [3.63, 3.8) is 0 Å². The molecule has 0 spiro atoms. The number of fused-ring (bicyclic) bond motifs is 1. The van der Waals surface area contributed by atoms with E-state index >= 15 is 0 Å². The molecule has 128 valence electrons. The van der Waals surface area contributed by atoms with E-state index in [-0.39, 0.29) is 23.4 Å². The highest BCUT2D eigenvalue weighted by Gasteiger charge is 2.44. The van der Waals surface area contributed by atoms with E-state index in [9.17, 15) is 9.90 Å². The number of aryl methyl sites for hydroxylation is 1. The maximum atomic E-state index is 12.7. The molecule has 1 amide bonds. The molecule has 2 atom stereocenters. The average molecular weight is 369 g/mol. The molecule has 2 aromatic heterocycles. The van der Waals surface area contributed by atoms with E-state index in [0.717, 1.165) is 25.2 Å². The third-order valence-corrected chi connectivity index (χ3v) is 5.88. The number of H-pyrrole nitrogens is 1. The number of aromatic nitrogens is 4. The van der Waals surface area contributed by atoms with E-state index < -0.39 is 0 Å². The number of amides is 1. The first-order chi connectivity index (χ1) is 11.5. The minimum Gasteiger partial charge on any atom is -0.504 e. The number of carbonyl (C=O) groups is 1. The quantitative estimate of drug-likeness (QED) is 0.846. The zero-order valence-corrected chi connectivity index (χ0v) is 14.6. The van der Waals surface area contributed by atoms with Gasteiger partial charge in [-0.3, -0.25) is 14.8 Å². The first-order valence-electron chi connectivity index (χ1n) is 7.78. The highest BCUT2D eigenvalue weighted by molar-refractivity contribution is 7.10. The maximum Gasteiger partial charge on any atom is 0.276 e. The van der Waals surface area contributed by atoms with E-state index in [1.807, 2.05) is 4.90 Å². The van der Waals surface area contributed by atoms with Gasteiger partial charge in [0.15, 0.2) is 11.4 Å². The van der Waals surface area contributed by atoms with Crippen molar-refractivity contribution in [2.75, 3.05) is 19.6 Å². The number of hydrogen-bond donors (Lipinski definition) is 2. The number of rotatable bonds is 3. The fraction of sp³-hybridized carbons (Fsp3) is 0.571. The molecule has 4 heterocycles. The van der Waals surface area contributed by atoms with Crippen molar-refractivity contribution >= 4 is 29.0 Å². The summed E-state index contributed by atoms with van der Waals surface area (Å²) in [5.74, 6) is 0.194. The maximum absolute atomic E-state index is 12.7. The van der Waals surface area contributed by atoms with Crippen molar-refractivity contribution in [2.24, 2.45) is 5.92 Å². The Morgan fingerprint density at radius 2 is 2.33 bits per heavy atom. The summed E-state index contributed by atoms with van der Waals surface area (Å²) < 4.78 is 4.48. The number of nitrogens with zero attached hydrogens (tertiary/aromatic N) is 5. The standard InChI is InChI=1S/C14H17ClN6O2S/c1-7-12(22)11(18-16-7)14(23)21-3-2-8-4-20(6-10(8)21)5-9-13(15)24-19-17-9/h8,10,22H,2-6H2,1H3,(H,16,18). The molecule has 0 aromatic carbocycles. The van der Waals surface area contributed by atoms with Crippen molar-refractivity contribution in [2.45, 2.75) is 25.9 Å². The number of nitrogens with one attached hydrogen (secondary N) is 1. The summed E-state index contributed by atoms with van der Waals surface area (Å²) in [6.45, 7) is 4.71. The molecular weight excluding hydrogens is 352 g/mol. The summed E-state index contributed by atoms with van der Waals surface area (Å²) in [5, 5.41) is 20.6. The predicted octanol–water partition coefficient (Wildman–Crippen LogP) is 1.28. The van der Waals surface area contributed by atoms with Gasteiger partial charge in [0, 0.05) is 43.8 Å². The molecular formula is C14H17ClN6O2S. The second kappa shape index (κ2) is 5.98. The van der Waals surface area contributed by atoms with E-state index in [2.05, 4.69) is 24.7 Å². The van der Waals surface area contributed by atoms with Crippen LogP contribution in [0, 0.1) is 12.8 Å². The second-order valence-electron chi connectivity index (χ2n) is 6.33. The van der Waals surface area contributed by atoms with Crippen molar-refractivity contribution < 1.29 is 9.90 Å².